The molecule has 1 unspecified atom stereocenters. The summed E-state index contributed by atoms with van der Waals surface area (Å²) in [5, 5.41) is 2.95. The number of sulfone groups is 1. The second-order valence-electron chi connectivity index (χ2n) is 9.32. The maximum Gasteiger partial charge on any atom is 0.240 e. The highest BCUT2D eigenvalue weighted by Gasteiger charge is 2.37. The molecule has 4 rings (SSSR count). The van der Waals surface area contributed by atoms with Crippen LogP contribution in [0.1, 0.15) is 37.7 Å². The molecule has 2 fully saturated rings. The van der Waals surface area contributed by atoms with Crippen molar-refractivity contribution in [3.63, 3.8) is 0 Å². The molecule has 0 amide bonds. The third-order valence-corrected chi connectivity index (χ3v) is 10.4. The molecule has 0 aromatic heterocycles. The van der Waals surface area contributed by atoms with Crippen molar-refractivity contribution in [1.82, 2.24) is 4.72 Å². The number of nitrogens with one attached hydrogen (secondary N) is 2. The Morgan fingerprint density at radius 3 is 2.44 bits per heavy atom. The summed E-state index contributed by atoms with van der Waals surface area (Å²) in [5.41, 5.74) is 1.64. The van der Waals surface area contributed by atoms with Gasteiger partial charge < -0.3 is 10.1 Å². The van der Waals surface area contributed by atoms with Crippen LogP contribution < -0.4 is 10.0 Å². The van der Waals surface area contributed by atoms with Crippen LogP contribution in [0.5, 0.6) is 0 Å². The van der Waals surface area contributed by atoms with E-state index in [1.807, 2.05) is 18.2 Å². The third-order valence-electron chi connectivity index (χ3n) is 6.92. The normalized spacial score (nSPS) is 25.8. The summed E-state index contributed by atoms with van der Waals surface area (Å²) >= 11 is 6.47. The van der Waals surface area contributed by atoms with Crippen LogP contribution in [0.4, 0.5) is 5.69 Å². The van der Waals surface area contributed by atoms with E-state index in [1.165, 1.54) is 24.0 Å². The molecular formula is C24H31ClN2O5S2. The lowest BCUT2D eigenvalue weighted by Crippen LogP contribution is -2.48. The first-order chi connectivity index (χ1) is 16.1. The number of hydrogen-bond donors (Lipinski definition) is 2. The van der Waals surface area contributed by atoms with Crippen LogP contribution in [-0.2, 0) is 30.0 Å². The minimum absolute atomic E-state index is 0.0165. The highest BCUT2D eigenvalue weighted by atomic mass is 35.5. The van der Waals surface area contributed by atoms with E-state index in [0.29, 0.717) is 38.3 Å². The maximum absolute atomic E-state index is 13.0. The zero-order valence-corrected chi connectivity index (χ0v) is 21.6. The zero-order chi connectivity index (χ0) is 24.4. The van der Waals surface area contributed by atoms with Crippen molar-refractivity contribution >= 4 is 37.1 Å². The van der Waals surface area contributed by atoms with Crippen molar-refractivity contribution in [2.75, 3.05) is 31.3 Å². The van der Waals surface area contributed by atoms with Gasteiger partial charge >= 0.3 is 0 Å². The minimum Gasteiger partial charge on any atom is -0.383 e. The van der Waals surface area contributed by atoms with E-state index >= 15 is 0 Å². The van der Waals surface area contributed by atoms with Crippen molar-refractivity contribution in [2.24, 2.45) is 0 Å². The van der Waals surface area contributed by atoms with Crippen molar-refractivity contribution in [3.8, 4) is 0 Å². The maximum atomic E-state index is 13.0. The van der Waals surface area contributed by atoms with Crippen LogP contribution in [-0.4, -0.2) is 54.1 Å². The van der Waals surface area contributed by atoms with Gasteiger partial charge in [0, 0.05) is 30.9 Å². The van der Waals surface area contributed by atoms with Crippen LogP contribution in [0.15, 0.2) is 53.4 Å². The van der Waals surface area contributed by atoms with Crippen LogP contribution in [0.25, 0.3) is 0 Å². The molecule has 7 nitrogen and oxygen atoms in total. The van der Waals surface area contributed by atoms with Gasteiger partial charge in [0.15, 0.2) is 9.84 Å². The van der Waals surface area contributed by atoms with Gasteiger partial charge in [-0.3, -0.25) is 0 Å². The summed E-state index contributed by atoms with van der Waals surface area (Å²) < 4.78 is 58.7. The molecule has 34 heavy (non-hydrogen) atoms. The van der Waals surface area contributed by atoms with Crippen LogP contribution in [0.2, 0.25) is 5.02 Å². The van der Waals surface area contributed by atoms with Gasteiger partial charge in [0.2, 0.25) is 10.0 Å². The summed E-state index contributed by atoms with van der Waals surface area (Å²) in [4.78, 5) is 0.0165. The Hall–Kier alpha value is -1.65. The fourth-order valence-corrected chi connectivity index (χ4v) is 8.08. The van der Waals surface area contributed by atoms with E-state index in [0.717, 1.165) is 19.3 Å². The molecule has 0 radical (unpaired) electrons. The van der Waals surface area contributed by atoms with Gasteiger partial charge in [-0.05, 0) is 43.0 Å². The van der Waals surface area contributed by atoms with Gasteiger partial charge in [0.05, 0.1) is 27.5 Å². The van der Waals surface area contributed by atoms with E-state index in [2.05, 4.69) is 22.2 Å². The van der Waals surface area contributed by atoms with Gasteiger partial charge in [-0.25, -0.2) is 21.6 Å². The number of benzene rings is 2. The Morgan fingerprint density at radius 2 is 1.79 bits per heavy atom. The fourth-order valence-electron chi connectivity index (χ4n) is 4.95. The average molecular weight is 527 g/mol. The van der Waals surface area contributed by atoms with E-state index in [4.69, 9.17) is 16.3 Å². The molecule has 1 aliphatic carbocycles. The van der Waals surface area contributed by atoms with Gasteiger partial charge in [-0.1, -0.05) is 54.8 Å². The molecule has 0 spiro atoms. The van der Waals surface area contributed by atoms with E-state index in [-0.39, 0.29) is 15.3 Å². The Kier molecular flexibility index (Phi) is 7.59. The van der Waals surface area contributed by atoms with Crippen molar-refractivity contribution in [2.45, 2.75) is 53.7 Å². The third kappa shape index (κ3) is 5.60. The number of sulfonamides is 1. The average Bonchev–Trinajstić information content (AvgIpc) is 3.28. The van der Waals surface area contributed by atoms with Gasteiger partial charge in [-0.15, -0.1) is 0 Å². The predicted octanol–water partition coefficient (Wildman–Crippen LogP) is 3.74. The van der Waals surface area contributed by atoms with E-state index in [9.17, 15) is 16.8 Å². The standard InChI is InChI=1S/C24H31ClN2O5S2/c1-33(28,29)23-10-6-5-9-22(23)27-34(30,31)19-11-12-21(20(25)15-19)26-16-24(13-14-32-17-24)18-7-3-2-4-8-18/h2-4,7-8,11-12,15,22-23,26-27H,5-6,9-10,13-14,16-17H2,1H3/t22-,23-,24?/m1/s1. The molecule has 1 heterocycles. The number of hydrogen-bond acceptors (Lipinski definition) is 6. The summed E-state index contributed by atoms with van der Waals surface area (Å²) in [6, 6.07) is 14.1. The molecule has 2 aromatic carbocycles. The van der Waals surface area contributed by atoms with Crippen molar-refractivity contribution < 1.29 is 21.6 Å². The second kappa shape index (κ2) is 10.1. The lowest BCUT2D eigenvalue weighted by Gasteiger charge is -2.30. The number of halogens is 1. The Balaban J connectivity index is 1.49. The molecule has 186 valence electrons. The fraction of sp³-hybridized carbons (Fsp3) is 0.500. The topological polar surface area (TPSA) is 102 Å². The number of ether oxygens (including phenoxy) is 1. The predicted molar refractivity (Wildman–Crippen MR) is 135 cm³/mol. The molecule has 3 atom stereocenters. The van der Waals surface area contributed by atoms with Gasteiger partial charge in [-0.2, -0.15) is 0 Å². The summed E-state index contributed by atoms with van der Waals surface area (Å²) in [6.45, 7) is 1.88. The van der Waals surface area contributed by atoms with Crippen molar-refractivity contribution in [1.29, 1.82) is 0 Å². The second-order valence-corrected chi connectivity index (χ2v) is 13.7. The van der Waals surface area contributed by atoms with Gasteiger partial charge in [0.1, 0.15) is 0 Å². The summed E-state index contributed by atoms with van der Waals surface area (Å²) in [7, 11) is -7.29. The number of rotatable bonds is 8. The van der Waals surface area contributed by atoms with Crippen LogP contribution in [0, 0.1) is 0 Å². The monoisotopic (exact) mass is 526 g/mol. The Labute approximate surface area is 207 Å². The van der Waals surface area contributed by atoms with Crippen LogP contribution in [0.3, 0.4) is 0 Å². The molecule has 2 aliphatic rings. The zero-order valence-electron chi connectivity index (χ0n) is 19.2. The largest absolute Gasteiger partial charge is 0.383 e. The smallest absolute Gasteiger partial charge is 0.240 e. The highest BCUT2D eigenvalue weighted by molar-refractivity contribution is 7.91. The SMILES string of the molecule is CS(=O)(=O)[C@@H]1CCCC[C@H]1NS(=O)(=O)c1ccc(NCC2(c3ccccc3)CCOC2)c(Cl)c1. The molecule has 2 aromatic rings. The summed E-state index contributed by atoms with van der Waals surface area (Å²) in [6.07, 6.45) is 4.56. The lowest BCUT2D eigenvalue weighted by atomic mass is 9.79. The number of anilines is 1. The molecule has 1 saturated heterocycles. The molecular weight excluding hydrogens is 496 g/mol. The molecule has 2 N–H and O–H groups in total. The quantitative estimate of drug-likeness (QED) is 0.543. The molecule has 0 bridgehead atoms. The Bertz CT molecular complexity index is 1210. The first kappa shape index (κ1) is 25.4. The van der Waals surface area contributed by atoms with E-state index < -0.39 is 31.2 Å². The summed E-state index contributed by atoms with van der Waals surface area (Å²) in [5.74, 6) is 0. The first-order valence-corrected chi connectivity index (χ1v) is 15.3. The minimum atomic E-state index is -3.92. The van der Waals surface area contributed by atoms with Crippen molar-refractivity contribution in [3.05, 3.63) is 59.1 Å². The Morgan fingerprint density at radius 1 is 1.06 bits per heavy atom. The molecule has 10 heteroatoms. The molecule has 1 saturated carbocycles. The van der Waals surface area contributed by atoms with Gasteiger partial charge in [0.25, 0.3) is 0 Å². The lowest BCUT2D eigenvalue weighted by molar-refractivity contribution is 0.179. The highest BCUT2D eigenvalue weighted by Crippen LogP contribution is 2.35. The first-order valence-electron chi connectivity index (χ1n) is 11.5. The van der Waals surface area contributed by atoms with Crippen LogP contribution >= 0.6 is 11.6 Å². The van der Waals surface area contributed by atoms with E-state index in [1.54, 1.807) is 6.07 Å². The molecule has 1 aliphatic heterocycles.